The first kappa shape index (κ1) is 30.0. The summed E-state index contributed by atoms with van der Waals surface area (Å²) in [5.41, 5.74) is 5.12. The van der Waals surface area contributed by atoms with E-state index in [1.54, 1.807) is 84.9 Å². The standard InChI is InChI=1S/C28H14N2O4.C14H12/c31-25-15-7-1-3-9-17(15)27(33)23-19(25)11-5-13-21(23)29-30-22-14-6-12-20-24(22)28(34)18-10-4-2-8-16(18)26(20)32;1-3-7-13(8-4-1)11-12-14-9-5-2-6-10-14/h1-14H;1-12H. The van der Waals surface area contributed by atoms with Gasteiger partial charge in [0.25, 0.3) is 0 Å². The van der Waals surface area contributed by atoms with Crippen molar-refractivity contribution in [1.82, 2.24) is 0 Å². The van der Waals surface area contributed by atoms with Gasteiger partial charge in [-0.15, -0.1) is 10.2 Å². The highest BCUT2D eigenvalue weighted by atomic mass is 16.1. The zero-order chi connectivity index (χ0) is 33.0. The van der Waals surface area contributed by atoms with Crippen molar-refractivity contribution in [1.29, 1.82) is 0 Å². The molecular weight excluding hydrogens is 596 g/mol. The number of hydrogen-bond acceptors (Lipinski definition) is 6. The molecule has 0 radical (unpaired) electrons. The Hall–Kier alpha value is -6.66. The third kappa shape index (κ3) is 5.63. The molecule has 0 fully saturated rings. The number of azo groups is 1. The largest absolute Gasteiger partial charge is 0.289 e. The fraction of sp³-hybridized carbons (Fsp3) is 0. The summed E-state index contributed by atoms with van der Waals surface area (Å²) < 4.78 is 0. The van der Waals surface area contributed by atoms with Crippen LogP contribution in [0.2, 0.25) is 0 Å². The second-order valence-corrected chi connectivity index (χ2v) is 11.2. The van der Waals surface area contributed by atoms with Gasteiger partial charge in [0.1, 0.15) is 0 Å². The Morgan fingerprint density at radius 1 is 0.312 bits per heavy atom. The zero-order valence-electron chi connectivity index (χ0n) is 25.5. The topological polar surface area (TPSA) is 93.0 Å². The molecule has 8 rings (SSSR count). The molecule has 0 spiro atoms. The third-order valence-electron chi connectivity index (χ3n) is 8.19. The lowest BCUT2D eigenvalue weighted by molar-refractivity contribution is 0.0979. The van der Waals surface area contributed by atoms with Crippen LogP contribution in [-0.2, 0) is 0 Å². The molecule has 2 aliphatic carbocycles. The van der Waals surface area contributed by atoms with Gasteiger partial charge in [0.2, 0.25) is 0 Å². The van der Waals surface area contributed by atoms with E-state index in [9.17, 15) is 19.2 Å². The summed E-state index contributed by atoms with van der Waals surface area (Å²) in [4.78, 5) is 52.3. The number of hydrogen-bond donors (Lipinski definition) is 0. The van der Waals surface area contributed by atoms with Crippen LogP contribution in [0.15, 0.2) is 156 Å². The van der Waals surface area contributed by atoms with Crippen molar-refractivity contribution < 1.29 is 19.2 Å². The van der Waals surface area contributed by atoms with Crippen LogP contribution in [0.3, 0.4) is 0 Å². The van der Waals surface area contributed by atoms with Crippen molar-refractivity contribution in [2.24, 2.45) is 10.2 Å². The first-order valence-corrected chi connectivity index (χ1v) is 15.3. The van der Waals surface area contributed by atoms with Crippen molar-refractivity contribution in [3.8, 4) is 0 Å². The molecule has 0 saturated heterocycles. The Morgan fingerprint density at radius 3 is 1.00 bits per heavy atom. The smallest absolute Gasteiger partial charge is 0.196 e. The maximum atomic E-state index is 13.2. The van der Waals surface area contributed by atoms with Gasteiger partial charge in [-0.05, 0) is 23.3 Å². The monoisotopic (exact) mass is 622 g/mol. The fourth-order valence-electron chi connectivity index (χ4n) is 5.85. The first-order valence-electron chi connectivity index (χ1n) is 15.3. The van der Waals surface area contributed by atoms with Gasteiger partial charge < -0.3 is 0 Å². The highest BCUT2D eigenvalue weighted by molar-refractivity contribution is 6.31. The van der Waals surface area contributed by atoms with Crippen molar-refractivity contribution in [2.75, 3.05) is 0 Å². The van der Waals surface area contributed by atoms with Gasteiger partial charge in [-0.3, -0.25) is 19.2 Å². The Balaban J connectivity index is 0.000000218. The molecule has 6 aromatic carbocycles. The van der Waals surface area contributed by atoms with E-state index in [0.717, 1.165) is 0 Å². The maximum Gasteiger partial charge on any atom is 0.196 e. The average Bonchev–Trinajstić information content (AvgIpc) is 3.15. The zero-order valence-corrected chi connectivity index (χ0v) is 25.5. The highest BCUT2D eigenvalue weighted by Crippen LogP contribution is 2.37. The SMILES string of the molecule is C(=Cc1ccccc1)c1ccccc1.O=C1c2ccccc2C(=O)c2c(N=Nc3cccc4c3C(=O)c3ccccc3C4=O)cccc21. The summed E-state index contributed by atoms with van der Waals surface area (Å²) in [6, 6.07) is 43.6. The van der Waals surface area contributed by atoms with E-state index in [2.05, 4.69) is 46.6 Å². The quantitative estimate of drug-likeness (QED) is 0.144. The van der Waals surface area contributed by atoms with Crippen LogP contribution in [0.5, 0.6) is 0 Å². The number of fused-ring (bicyclic) bond motifs is 4. The Morgan fingerprint density at radius 2 is 0.625 bits per heavy atom. The summed E-state index contributed by atoms with van der Waals surface area (Å²) in [6.45, 7) is 0. The number of benzene rings is 6. The second kappa shape index (κ2) is 13.0. The van der Waals surface area contributed by atoms with E-state index in [-0.39, 0.29) is 56.8 Å². The van der Waals surface area contributed by atoms with Gasteiger partial charge >= 0.3 is 0 Å². The molecule has 6 aromatic rings. The molecule has 6 heteroatoms. The van der Waals surface area contributed by atoms with Crippen LogP contribution in [-0.4, -0.2) is 23.1 Å². The third-order valence-corrected chi connectivity index (χ3v) is 8.19. The molecule has 0 heterocycles. The summed E-state index contributed by atoms with van der Waals surface area (Å²) in [7, 11) is 0. The van der Waals surface area contributed by atoms with E-state index in [1.165, 1.54) is 11.1 Å². The summed E-state index contributed by atoms with van der Waals surface area (Å²) in [6.07, 6.45) is 4.24. The fourth-order valence-corrected chi connectivity index (χ4v) is 5.85. The molecular formula is C42H26N2O4. The number of rotatable bonds is 4. The van der Waals surface area contributed by atoms with Gasteiger partial charge in [0, 0.05) is 33.4 Å². The van der Waals surface area contributed by atoms with Crippen LogP contribution in [0.25, 0.3) is 12.2 Å². The van der Waals surface area contributed by atoms with Crippen LogP contribution in [0.1, 0.15) is 74.8 Å². The minimum atomic E-state index is -0.310. The van der Waals surface area contributed by atoms with Crippen molar-refractivity contribution in [3.05, 3.63) is 201 Å². The van der Waals surface area contributed by atoms with E-state index >= 15 is 0 Å². The van der Waals surface area contributed by atoms with E-state index < -0.39 is 0 Å². The number of ketones is 4. The Kier molecular flexibility index (Phi) is 8.12. The first-order chi connectivity index (χ1) is 23.5. The van der Waals surface area contributed by atoms with Crippen LogP contribution >= 0.6 is 0 Å². The minimum Gasteiger partial charge on any atom is -0.289 e. The second-order valence-electron chi connectivity index (χ2n) is 11.2. The summed E-state index contributed by atoms with van der Waals surface area (Å²) in [5, 5.41) is 8.52. The Labute approximate surface area is 276 Å². The van der Waals surface area contributed by atoms with E-state index in [1.807, 2.05) is 36.4 Å². The lowest BCUT2D eigenvalue weighted by atomic mass is 9.83. The van der Waals surface area contributed by atoms with Crippen LogP contribution < -0.4 is 0 Å². The number of carbonyl (C=O) groups is 4. The lowest BCUT2D eigenvalue weighted by Crippen LogP contribution is -2.21. The van der Waals surface area contributed by atoms with Crippen molar-refractivity contribution >= 4 is 46.7 Å². The maximum absolute atomic E-state index is 13.2. The molecule has 0 bridgehead atoms. The molecule has 0 saturated carbocycles. The molecule has 0 N–H and O–H groups in total. The number of carbonyl (C=O) groups excluding carboxylic acids is 4. The number of nitrogens with zero attached hydrogens (tertiary/aromatic N) is 2. The predicted molar refractivity (Wildman–Crippen MR) is 185 cm³/mol. The molecule has 0 unspecified atom stereocenters. The molecule has 228 valence electrons. The molecule has 6 nitrogen and oxygen atoms in total. The van der Waals surface area contributed by atoms with Gasteiger partial charge in [-0.1, -0.05) is 146 Å². The Bertz CT molecular complexity index is 2140. The molecule has 0 aromatic heterocycles. The van der Waals surface area contributed by atoms with Gasteiger partial charge in [-0.2, -0.15) is 0 Å². The molecule has 0 atom stereocenters. The minimum absolute atomic E-state index is 0.174. The molecule has 0 aliphatic heterocycles. The predicted octanol–water partition coefficient (Wildman–Crippen LogP) is 9.51. The van der Waals surface area contributed by atoms with E-state index in [4.69, 9.17) is 0 Å². The molecule has 48 heavy (non-hydrogen) atoms. The summed E-state index contributed by atoms with van der Waals surface area (Å²) >= 11 is 0. The lowest BCUT2D eigenvalue weighted by Gasteiger charge is -2.19. The van der Waals surface area contributed by atoms with E-state index in [0.29, 0.717) is 22.3 Å². The van der Waals surface area contributed by atoms with Gasteiger partial charge in [0.05, 0.1) is 22.5 Å². The van der Waals surface area contributed by atoms with Crippen LogP contribution in [0.4, 0.5) is 11.4 Å². The van der Waals surface area contributed by atoms with Gasteiger partial charge in [-0.25, -0.2) is 0 Å². The normalized spacial score (nSPS) is 13.0. The summed E-state index contributed by atoms with van der Waals surface area (Å²) in [5.74, 6) is -1.13. The van der Waals surface area contributed by atoms with Crippen molar-refractivity contribution in [2.45, 2.75) is 0 Å². The van der Waals surface area contributed by atoms with Crippen LogP contribution in [0, 0.1) is 0 Å². The molecule has 2 aliphatic rings. The molecule has 0 amide bonds. The average molecular weight is 623 g/mol. The highest BCUT2D eigenvalue weighted by Gasteiger charge is 2.33. The van der Waals surface area contributed by atoms with Crippen molar-refractivity contribution in [3.63, 3.8) is 0 Å². The van der Waals surface area contributed by atoms with Gasteiger partial charge in [0.15, 0.2) is 23.1 Å².